The van der Waals surface area contributed by atoms with Crippen LogP contribution in [0.4, 0.5) is 0 Å². The van der Waals surface area contributed by atoms with E-state index in [9.17, 15) is 14.7 Å². The SMILES string of the molecule is CCCCCCCCCCOc1ccc(-c2ccc(C(=O)Oc3ccc(OC(=O)C[C@H](C)CC[C@H](O)C(C)C)cc3)cc2)cc1. The number of rotatable bonds is 20. The molecule has 0 radical (unpaired) electrons. The van der Waals surface area contributed by atoms with Gasteiger partial charge in [-0.25, -0.2) is 4.79 Å². The highest BCUT2D eigenvalue weighted by Gasteiger charge is 2.16. The Morgan fingerprint density at radius 2 is 1.16 bits per heavy atom. The molecule has 1 N–H and O–H groups in total. The molecular weight excluding hydrogens is 564 g/mol. The van der Waals surface area contributed by atoms with Gasteiger partial charge in [0.15, 0.2) is 0 Å². The molecule has 244 valence electrons. The van der Waals surface area contributed by atoms with E-state index < -0.39 is 5.97 Å². The third kappa shape index (κ3) is 13.5. The van der Waals surface area contributed by atoms with Crippen LogP contribution in [0.3, 0.4) is 0 Å². The minimum Gasteiger partial charge on any atom is -0.494 e. The Hall–Kier alpha value is -3.64. The molecule has 3 rings (SSSR count). The predicted octanol–water partition coefficient (Wildman–Crippen LogP) is 9.82. The average Bonchev–Trinajstić information content (AvgIpc) is 3.04. The van der Waals surface area contributed by atoms with Gasteiger partial charge in [0, 0.05) is 6.42 Å². The number of carbonyl (C=O) groups excluding carboxylic acids is 2. The van der Waals surface area contributed by atoms with Crippen LogP contribution in [0.1, 0.15) is 109 Å². The summed E-state index contributed by atoms with van der Waals surface area (Å²) < 4.78 is 16.9. The number of ether oxygens (including phenoxy) is 3. The summed E-state index contributed by atoms with van der Waals surface area (Å²) in [5.74, 6) is 1.15. The Labute approximate surface area is 270 Å². The van der Waals surface area contributed by atoms with E-state index in [2.05, 4.69) is 6.92 Å². The van der Waals surface area contributed by atoms with E-state index in [4.69, 9.17) is 14.2 Å². The maximum atomic E-state index is 12.7. The van der Waals surface area contributed by atoms with Crippen molar-refractivity contribution >= 4 is 11.9 Å². The van der Waals surface area contributed by atoms with Crippen LogP contribution in [0.15, 0.2) is 72.8 Å². The molecule has 0 aromatic heterocycles. The maximum Gasteiger partial charge on any atom is 0.343 e. The van der Waals surface area contributed by atoms with Gasteiger partial charge in [0.2, 0.25) is 0 Å². The lowest BCUT2D eigenvalue weighted by Gasteiger charge is -2.17. The Morgan fingerprint density at radius 1 is 0.644 bits per heavy atom. The normalized spacial score (nSPS) is 12.5. The zero-order valence-electron chi connectivity index (χ0n) is 27.6. The maximum absolute atomic E-state index is 12.7. The zero-order valence-corrected chi connectivity index (χ0v) is 27.6. The van der Waals surface area contributed by atoms with Gasteiger partial charge in [0.1, 0.15) is 17.2 Å². The van der Waals surface area contributed by atoms with Crippen LogP contribution in [0.5, 0.6) is 17.2 Å². The molecule has 2 atom stereocenters. The molecule has 0 aliphatic heterocycles. The minimum absolute atomic E-state index is 0.111. The van der Waals surface area contributed by atoms with Crippen molar-refractivity contribution in [3.63, 3.8) is 0 Å². The number of hydrogen-bond donors (Lipinski definition) is 1. The Bertz CT molecular complexity index is 1260. The number of unbranched alkanes of at least 4 members (excludes halogenated alkanes) is 7. The minimum atomic E-state index is -0.464. The summed E-state index contributed by atoms with van der Waals surface area (Å²) in [7, 11) is 0. The molecule has 3 aromatic rings. The number of esters is 2. The van der Waals surface area contributed by atoms with Crippen molar-refractivity contribution in [2.24, 2.45) is 11.8 Å². The van der Waals surface area contributed by atoms with Gasteiger partial charge >= 0.3 is 11.9 Å². The molecule has 6 nitrogen and oxygen atoms in total. The Kier molecular flexibility index (Phi) is 15.7. The second-order valence-electron chi connectivity index (χ2n) is 12.5. The summed E-state index contributed by atoms with van der Waals surface area (Å²) in [4.78, 5) is 25.0. The van der Waals surface area contributed by atoms with Crippen LogP contribution in [-0.2, 0) is 4.79 Å². The standard InChI is InChI=1S/C39H52O6/c1-5-6-7-8-9-10-11-12-27-43-34-20-18-32(19-21-34)31-14-16-33(17-15-31)39(42)45-36-24-22-35(23-25-36)44-38(41)28-30(4)13-26-37(40)29(2)3/h14-25,29-30,37,40H,5-13,26-28H2,1-4H3/t30-,37+/m1/s1. The van der Waals surface area contributed by atoms with Crippen molar-refractivity contribution in [3.05, 3.63) is 78.4 Å². The lowest BCUT2D eigenvalue weighted by atomic mass is 9.95. The van der Waals surface area contributed by atoms with Crippen molar-refractivity contribution < 1.29 is 28.9 Å². The molecule has 0 saturated heterocycles. The van der Waals surface area contributed by atoms with Crippen LogP contribution < -0.4 is 14.2 Å². The van der Waals surface area contributed by atoms with Gasteiger partial charge in [0.25, 0.3) is 0 Å². The summed E-state index contributed by atoms with van der Waals surface area (Å²) in [6, 6.07) is 21.8. The molecule has 6 heteroatoms. The summed E-state index contributed by atoms with van der Waals surface area (Å²) in [5, 5.41) is 9.98. The first kappa shape index (κ1) is 35.8. The largest absolute Gasteiger partial charge is 0.494 e. The molecular formula is C39H52O6. The first-order valence-corrected chi connectivity index (χ1v) is 16.8. The third-order valence-corrected chi connectivity index (χ3v) is 8.08. The monoisotopic (exact) mass is 616 g/mol. The zero-order chi connectivity index (χ0) is 32.4. The molecule has 0 heterocycles. The fourth-order valence-electron chi connectivity index (χ4n) is 5.06. The Balaban J connectivity index is 1.39. The second kappa shape index (κ2) is 19.7. The van der Waals surface area contributed by atoms with Crippen LogP contribution in [0, 0.1) is 11.8 Å². The Morgan fingerprint density at radius 3 is 1.73 bits per heavy atom. The van der Waals surface area contributed by atoms with Crippen molar-refractivity contribution in [1.29, 1.82) is 0 Å². The molecule has 0 saturated carbocycles. The van der Waals surface area contributed by atoms with Crippen LogP contribution in [0.25, 0.3) is 11.1 Å². The van der Waals surface area contributed by atoms with E-state index in [0.29, 0.717) is 23.5 Å². The molecule has 3 aromatic carbocycles. The number of aliphatic hydroxyl groups is 1. The summed E-state index contributed by atoms with van der Waals surface area (Å²) in [5.41, 5.74) is 2.48. The number of hydrogen-bond acceptors (Lipinski definition) is 6. The topological polar surface area (TPSA) is 82.1 Å². The lowest BCUT2D eigenvalue weighted by Crippen LogP contribution is -2.17. The fraction of sp³-hybridized carbons (Fsp3) is 0.487. The van der Waals surface area contributed by atoms with E-state index in [0.717, 1.165) is 36.3 Å². The van der Waals surface area contributed by atoms with Crippen LogP contribution >= 0.6 is 0 Å². The summed E-state index contributed by atoms with van der Waals surface area (Å²) in [6.07, 6.45) is 11.6. The lowest BCUT2D eigenvalue weighted by molar-refractivity contribution is -0.135. The van der Waals surface area contributed by atoms with E-state index in [1.807, 2.05) is 57.2 Å². The van der Waals surface area contributed by atoms with E-state index in [1.165, 1.54) is 44.9 Å². The highest BCUT2D eigenvalue weighted by atomic mass is 16.5. The van der Waals surface area contributed by atoms with Gasteiger partial charge in [0.05, 0.1) is 18.3 Å². The average molecular weight is 617 g/mol. The van der Waals surface area contributed by atoms with Crippen molar-refractivity contribution in [1.82, 2.24) is 0 Å². The molecule has 0 bridgehead atoms. The van der Waals surface area contributed by atoms with Gasteiger partial charge in [-0.3, -0.25) is 4.79 Å². The van der Waals surface area contributed by atoms with Crippen molar-refractivity contribution in [3.8, 4) is 28.4 Å². The highest BCUT2D eigenvalue weighted by Crippen LogP contribution is 2.25. The number of carbonyl (C=O) groups is 2. The first-order valence-electron chi connectivity index (χ1n) is 16.8. The van der Waals surface area contributed by atoms with Gasteiger partial charge in [-0.1, -0.05) is 96.9 Å². The molecule has 0 unspecified atom stereocenters. The van der Waals surface area contributed by atoms with E-state index >= 15 is 0 Å². The number of aliphatic hydroxyl groups excluding tert-OH is 1. The predicted molar refractivity (Wildman–Crippen MR) is 181 cm³/mol. The van der Waals surface area contributed by atoms with Crippen LogP contribution in [0.2, 0.25) is 0 Å². The van der Waals surface area contributed by atoms with E-state index in [1.54, 1.807) is 36.4 Å². The van der Waals surface area contributed by atoms with Gasteiger partial charge in [-0.05, 0) is 90.8 Å². The molecule has 0 aliphatic rings. The molecule has 0 spiro atoms. The molecule has 0 amide bonds. The smallest absolute Gasteiger partial charge is 0.343 e. The quantitative estimate of drug-likeness (QED) is 0.0773. The fourth-order valence-corrected chi connectivity index (χ4v) is 5.06. The third-order valence-electron chi connectivity index (χ3n) is 8.08. The van der Waals surface area contributed by atoms with Gasteiger partial charge in [-0.15, -0.1) is 0 Å². The van der Waals surface area contributed by atoms with Gasteiger partial charge < -0.3 is 19.3 Å². The summed E-state index contributed by atoms with van der Waals surface area (Å²) >= 11 is 0. The second-order valence-corrected chi connectivity index (χ2v) is 12.5. The molecule has 0 aliphatic carbocycles. The number of benzene rings is 3. The molecule has 45 heavy (non-hydrogen) atoms. The molecule has 0 fully saturated rings. The first-order chi connectivity index (χ1) is 21.7. The van der Waals surface area contributed by atoms with Crippen molar-refractivity contribution in [2.45, 2.75) is 104 Å². The van der Waals surface area contributed by atoms with E-state index in [-0.39, 0.29) is 30.3 Å². The summed E-state index contributed by atoms with van der Waals surface area (Å²) in [6.45, 7) is 8.93. The van der Waals surface area contributed by atoms with Crippen molar-refractivity contribution in [2.75, 3.05) is 6.61 Å². The van der Waals surface area contributed by atoms with Gasteiger partial charge in [-0.2, -0.15) is 0 Å². The van der Waals surface area contributed by atoms with Crippen LogP contribution in [-0.4, -0.2) is 29.8 Å². The highest BCUT2D eigenvalue weighted by molar-refractivity contribution is 5.91.